The molecular formula is C19H20O5. The van der Waals surface area contributed by atoms with Crippen LogP contribution >= 0.6 is 0 Å². The largest absolute Gasteiger partial charge is 0.497 e. The van der Waals surface area contributed by atoms with Crippen LogP contribution in [0.3, 0.4) is 0 Å². The van der Waals surface area contributed by atoms with Gasteiger partial charge in [0.25, 0.3) is 0 Å². The summed E-state index contributed by atoms with van der Waals surface area (Å²) in [4.78, 5) is 0. The van der Waals surface area contributed by atoms with Crippen molar-refractivity contribution in [2.45, 2.75) is 25.0 Å². The SMILES string of the molecule is COc1ccc([C@H]2C[C@](C)(OC)Oc3cc4c(cc32)OCO4)cc1. The summed E-state index contributed by atoms with van der Waals surface area (Å²) in [6.07, 6.45) is 0.711. The average molecular weight is 328 g/mol. The third kappa shape index (κ3) is 2.45. The molecule has 0 bridgehead atoms. The molecule has 0 spiro atoms. The van der Waals surface area contributed by atoms with E-state index in [1.165, 1.54) is 5.56 Å². The van der Waals surface area contributed by atoms with E-state index in [0.29, 0.717) is 12.2 Å². The van der Waals surface area contributed by atoms with Crippen LogP contribution in [0.1, 0.15) is 30.4 Å². The Morgan fingerprint density at radius 3 is 2.38 bits per heavy atom. The second-order valence-corrected chi connectivity index (χ2v) is 6.21. The molecule has 2 atom stereocenters. The first-order chi connectivity index (χ1) is 11.6. The van der Waals surface area contributed by atoms with Gasteiger partial charge in [-0.05, 0) is 23.8 Å². The number of rotatable bonds is 3. The molecule has 2 aliphatic heterocycles. The minimum Gasteiger partial charge on any atom is -0.497 e. The lowest BCUT2D eigenvalue weighted by Gasteiger charge is -2.39. The highest BCUT2D eigenvalue weighted by atomic mass is 16.7. The van der Waals surface area contributed by atoms with Gasteiger partial charge in [0.1, 0.15) is 11.5 Å². The molecular weight excluding hydrogens is 308 g/mol. The van der Waals surface area contributed by atoms with Gasteiger partial charge in [0.2, 0.25) is 12.6 Å². The minimum atomic E-state index is -0.689. The highest BCUT2D eigenvalue weighted by Crippen LogP contribution is 2.49. The minimum absolute atomic E-state index is 0.138. The maximum absolute atomic E-state index is 6.11. The molecule has 0 unspecified atom stereocenters. The summed E-state index contributed by atoms with van der Waals surface area (Å²) in [5.41, 5.74) is 2.27. The molecule has 24 heavy (non-hydrogen) atoms. The molecule has 2 aliphatic rings. The fraction of sp³-hybridized carbons (Fsp3) is 0.368. The number of fused-ring (bicyclic) bond motifs is 2. The summed E-state index contributed by atoms with van der Waals surface area (Å²) >= 11 is 0. The Kier molecular flexibility index (Phi) is 3.53. The molecule has 0 N–H and O–H groups in total. The van der Waals surface area contributed by atoms with Crippen LogP contribution in [0.2, 0.25) is 0 Å². The molecule has 0 radical (unpaired) electrons. The van der Waals surface area contributed by atoms with Gasteiger partial charge in [0.05, 0.1) is 7.11 Å². The van der Waals surface area contributed by atoms with Crippen LogP contribution < -0.4 is 18.9 Å². The molecule has 4 rings (SSSR count). The molecule has 0 saturated carbocycles. The molecule has 126 valence electrons. The van der Waals surface area contributed by atoms with E-state index in [-0.39, 0.29) is 12.7 Å². The van der Waals surface area contributed by atoms with E-state index in [4.69, 9.17) is 23.7 Å². The quantitative estimate of drug-likeness (QED) is 0.860. The smallest absolute Gasteiger partial charge is 0.231 e. The Hall–Kier alpha value is -2.40. The Morgan fingerprint density at radius 1 is 1.00 bits per heavy atom. The van der Waals surface area contributed by atoms with Gasteiger partial charge in [0, 0.05) is 38.0 Å². The Labute approximate surface area is 141 Å². The van der Waals surface area contributed by atoms with Crippen LogP contribution in [0.5, 0.6) is 23.0 Å². The number of benzene rings is 2. The Balaban J connectivity index is 1.80. The van der Waals surface area contributed by atoms with Crippen molar-refractivity contribution in [1.29, 1.82) is 0 Å². The third-order valence-electron chi connectivity index (χ3n) is 4.73. The summed E-state index contributed by atoms with van der Waals surface area (Å²) in [5, 5.41) is 0. The number of methoxy groups -OCH3 is 2. The molecule has 2 aromatic carbocycles. The van der Waals surface area contributed by atoms with E-state index in [1.807, 2.05) is 31.2 Å². The van der Waals surface area contributed by atoms with Crippen molar-refractivity contribution in [2.75, 3.05) is 21.0 Å². The second kappa shape index (κ2) is 5.60. The van der Waals surface area contributed by atoms with Gasteiger partial charge in [-0.3, -0.25) is 0 Å². The highest BCUT2D eigenvalue weighted by molar-refractivity contribution is 5.56. The van der Waals surface area contributed by atoms with Crippen LogP contribution in [-0.2, 0) is 4.74 Å². The van der Waals surface area contributed by atoms with Crippen molar-refractivity contribution in [3.63, 3.8) is 0 Å². The lowest BCUT2D eigenvalue weighted by atomic mass is 9.83. The monoisotopic (exact) mass is 328 g/mol. The molecule has 0 saturated heterocycles. The number of hydrogen-bond donors (Lipinski definition) is 0. The summed E-state index contributed by atoms with van der Waals surface area (Å²) in [6.45, 7) is 2.20. The zero-order valence-electron chi connectivity index (χ0n) is 14.0. The fourth-order valence-electron chi connectivity index (χ4n) is 3.31. The van der Waals surface area contributed by atoms with Crippen LogP contribution in [0.4, 0.5) is 0 Å². The predicted molar refractivity (Wildman–Crippen MR) is 88.1 cm³/mol. The van der Waals surface area contributed by atoms with E-state index in [1.54, 1.807) is 14.2 Å². The van der Waals surface area contributed by atoms with Crippen molar-refractivity contribution in [3.8, 4) is 23.0 Å². The molecule has 2 heterocycles. The first-order valence-electron chi connectivity index (χ1n) is 7.93. The zero-order chi connectivity index (χ0) is 16.7. The molecule has 0 fully saturated rings. The van der Waals surface area contributed by atoms with E-state index in [0.717, 1.165) is 22.8 Å². The lowest BCUT2D eigenvalue weighted by molar-refractivity contribution is -0.163. The van der Waals surface area contributed by atoms with Gasteiger partial charge in [0.15, 0.2) is 11.5 Å². The Bertz CT molecular complexity index is 755. The van der Waals surface area contributed by atoms with Gasteiger partial charge < -0.3 is 23.7 Å². The summed E-state index contributed by atoms with van der Waals surface area (Å²) < 4.78 is 28.0. The number of hydrogen-bond acceptors (Lipinski definition) is 5. The van der Waals surface area contributed by atoms with Crippen molar-refractivity contribution in [2.24, 2.45) is 0 Å². The first-order valence-corrected chi connectivity index (χ1v) is 7.93. The molecule has 5 heteroatoms. The van der Waals surface area contributed by atoms with Crippen LogP contribution in [0, 0.1) is 0 Å². The second-order valence-electron chi connectivity index (χ2n) is 6.21. The zero-order valence-corrected chi connectivity index (χ0v) is 14.0. The first kappa shape index (κ1) is 15.1. The van der Waals surface area contributed by atoms with Crippen molar-refractivity contribution in [1.82, 2.24) is 0 Å². The van der Waals surface area contributed by atoms with Crippen molar-refractivity contribution in [3.05, 3.63) is 47.5 Å². The van der Waals surface area contributed by atoms with Gasteiger partial charge in [-0.15, -0.1) is 0 Å². The summed E-state index contributed by atoms with van der Waals surface area (Å²) in [6, 6.07) is 12.0. The standard InChI is InChI=1S/C19H20O5/c1-19(21-3)10-15(12-4-6-13(20-2)7-5-12)14-8-17-18(23-11-22-17)9-16(14)24-19/h4-9,15H,10-11H2,1-3H3/t15-,19-/m1/s1. The van der Waals surface area contributed by atoms with Gasteiger partial charge in [-0.1, -0.05) is 12.1 Å². The van der Waals surface area contributed by atoms with Gasteiger partial charge >= 0.3 is 0 Å². The number of ether oxygens (including phenoxy) is 5. The van der Waals surface area contributed by atoms with Crippen molar-refractivity contribution < 1.29 is 23.7 Å². The molecule has 5 nitrogen and oxygen atoms in total. The fourth-order valence-corrected chi connectivity index (χ4v) is 3.31. The van der Waals surface area contributed by atoms with Gasteiger partial charge in [-0.2, -0.15) is 0 Å². The molecule has 0 aliphatic carbocycles. The normalized spacial score (nSPS) is 24.2. The van der Waals surface area contributed by atoms with E-state index >= 15 is 0 Å². The maximum Gasteiger partial charge on any atom is 0.231 e. The van der Waals surface area contributed by atoms with E-state index in [2.05, 4.69) is 12.1 Å². The topological polar surface area (TPSA) is 46.2 Å². The predicted octanol–water partition coefficient (Wildman–Crippen LogP) is 3.70. The van der Waals surface area contributed by atoms with Crippen LogP contribution in [-0.4, -0.2) is 26.8 Å². The maximum atomic E-state index is 6.11. The molecule has 2 aromatic rings. The Morgan fingerprint density at radius 2 is 1.71 bits per heavy atom. The van der Waals surface area contributed by atoms with E-state index < -0.39 is 5.79 Å². The third-order valence-corrected chi connectivity index (χ3v) is 4.73. The average Bonchev–Trinajstić information content (AvgIpc) is 3.06. The van der Waals surface area contributed by atoms with Crippen LogP contribution in [0.25, 0.3) is 0 Å². The molecule has 0 amide bonds. The van der Waals surface area contributed by atoms with Gasteiger partial charge in [-0.25, -0.2) is 0 Å². The summed E-state index contributed by atoms with van der Waals surface area (Å²) in [7, 11) is 3.34. The molecule has 0 aromatic heterocycles. The van der Waals surface area contributed by atoms with Crippen LogP contribution in [0.15, 0.2) is 36.4 Å². The van der Waals surface area contributed by atoms with Crippen molar-refractivity contribution >= 4 is 0 Å². The van der Waals surface area contributed by atoms with E-state index in [9.17, 15) is 0 Å². The summed E-state index contributed by atoms with van der Waals surface area (Å²) in [5.74, 6) is 2.53. The lowest BCUT2D eigenvalue weighted by Crippen LogP contribution is -2.40. The highest BCUT2D eigenvalue weighted by Gasteiger charge is 2.39.